The Kier molecular flexibility index (Phi) is 5.96. The van der Waals surface area contributed by atoms with E-state index in [9.17, 15) is 14.3 Å². The zero-order valence-corrected chi connectivity index (χ0v) is 14.1. The Hall–Kier alpha value is -1.66. The number of hydrogen-bond donors (Lipinski definition) is 2. The highest BCUT2D eigenvalue weighted by Crippen LogP contribution is 2.38. The second-order valence-corrected chi connectivity index (χ2v) is 6.48. The Morgan fingerprint density at radius 2 is 2.22 bits per heavy atom. The SMILES string of the molecule is Cc1cc(F)ccc1C1C(CNCCN(C)C)CCN1C(=O)O. The van der Waals surface area contributed by atoms with Crippen LogP contribution in [0.2, 0.25) is 0 Å². The quantitative estimate of drug-likeness (QED) is 0.789. The molecule has 0 spiro atoms. The predicted molar refractivity (Wildman–Crippen MR) is 88.1 cm³/mol. The molecule has 2 atom stereocenters. The average Bonchev–Trinajstić information content (AvgIpc) is 2.87. The molecule has 1 saturated heterocycles. The molecule has 128 valence electrons. The number of hydrogen-bond acceptors (Lipinski definition) is 3. The van der Waals surface area contributed by atoms with E-state index in [-0.39, 0.29) is 17.8 Å². The van der Waals surface area contributed by atoms with Crippen LogP contribution < -0.4 is 5.32 Å². The molecular formula is C17H26FN3O2. The summed E-state index contributed by atoms with van der Waals surface area (Å²) in [5.41, 5.74) is 1.71. The number of carboxylic acid groups (broad SMARTS) is 1. The number of amides is 1. The lowest BCUT2D eigenvalue weighted by atomic mass is 9.91. The minimum Gasteiger partial charge on any atom is -0.465 e. The molecule has 1 aromatic carbocycles. The molecule has 1 aliphatic heterocycles. The number of carbonyl (C=O) groups is 1. The molecule has 0 radical (unpaired) electrons. The van der Waals surface area contributed by atoms with Crippen molar-refractivity contribution in [2.24, 2.45) is 5.92 Å². The normalized spacial score (nSPS) is 21.2. The summed E-state index contributed by atoms with van der Waals surface area (Å²) >= 11 is 0. The Bertz CT molecular complexity index is 551. The number of likely N-dealkylation sites (tertiary alicyclic amines) is 1. The maximum absolute atomic E-state index is 13.4. The summed E-state index contributed by atoms with van der Waals surface area (Å²) < 4.78 is 13.4. The third kappa shape index (κ3) is 4.42. The highest BCUT2D eigenvalue weighted by atomic mass is 19.1. The minimum absolute atomic E-state index is 0.206. The van der Waals surface area contributed by atoms with Crippen molar-refractivity contribution in [3.63, 3.8) is 0 Å². The fraction of sp³-hybridized carbons (Fsp3) is 0.588. The third-order valence-corrected chi connectivity index (χ3v) is 4.46. The molecule has 2 N–H and O–H groups in total. The highest BCUT2D eigenvalue weighted by molar-refractivity contribution is 5.66. The summed E-state index contributed by atoms with van der Waals surface area (Å²) in [6.07, 6.45) is -0.0857. The van der Waals surface area contributed by atoms with Crippen LogP contribution in [0.4, 0.5) is 9.18 Å². The van der Waals surface area contributed by atoms with Crippen LogP contribution in [0.15, 0.2) is 18.2 Å². The molecular weight excluding hydrogens is 297 g/mol. The molecule has 5 nitrogen and oxygen atoms in total. The third-order valence-electron chi connectivity index (χ3n) is 4.46. The van der Waals surface area contributed by atoms with Crippen molar-refractivity contribution in [3.8, 4) is 0 Å². The molecule has 0 saturated carbocycles. The Morgan fingerprint density at radius 3 is 2.83 bits per heavy atom. The molecule has 0 bridgehead atoms. The zero-order chi connectivity index (χ0) is 17.0. The van der Waals surface area contributed by atoms with Gasteiger partial charge in [-0.3, -0.25) is 0 Å². The van der Waals surface area contributed by atoms with Crippen LogP contribution in [0.5, 0.6) is 0 Å². The van der Waals surface area contributed by atoms with E-state index < -0.39 is 6.09 Å². The predicted octanol–water partition coefficient (Wildman–Crippen LogP) is 2.33. The van der Waals surface area contributed by atoms with Gasteiger partial charge in [-0.15, -0.1) is 0 Å². The van der Waals surface area contributed by atoms with Crippen molar-refractivity contribution in [2.45, 2.75) is 19.4 Å². The Balaban J connectivity index is 2.13. The van der Waals surface area contributed by atoms with Gasteiger partial charge < -0.3 is 20.2 Å². The van der Waals surface area contributed by atoms with Gasteiger partial charge in [0.2, 0.25) is 0 Å². The number of likely N-dealkylation sites (N-methyl/N-ethyl adjacent to an activating group) is 1. The number of rotatable bonds is 6. The largest absolute Gasteiger partial charge is 0.465 e. The van der Waals surface area contributed by atoms with Gasteiger partial charge >= 0.3 is 6.09 Å². The van der Waals surface area contributed by atoms with Crippen molar-refractivity contribution in [2.75, 3.05) is 40.3 Å². The molecule has 23 heavy (non-hydrogen) atoms. The first-order valence-corrected chi connectivity index (χ1v) is 8.01. The summed E-state index contributed by atoms with van der Waals surface area (Å²) in [6.45, 7) is 4.94. The van der Waals surface area contributed by atoms with Gasteiger partial charge in [0.25, 0.3) is 0 Å². The van der Waals surface area contributed by atoms with Crippen LogP contribution in [0, 0.1) is 18.7 Å². The summed E-state index contributed by atoms with van der Waals surface area (Å²) in [7, 11) is 4.04. The van der Waals surface area contributed by atoms with Crippen LogP contribution in [-0.4, -0.2) is 61.3 Å². The van der Waals surface area contributed by atoms with Crippen LogP contribution in [-0.2, 0) is 0 Å². The van der Waals surface area contributed by atoms with Gasteiger partial charge in [0.05, 0.1) is 6.04 Å². The number of halogens is 1. The fourth-order valence-corrected chi connectivity index (χ4v) is 3.27. The minimum atomic E-state index is -0.908. The molecule has 1 heterocycles. The van der Waals surface area contributed by atoms with E-state index in [1.807, 2.05) is 21.0 Å². The maximum atomic E-state index is 13.4. The Labute approximate surface area is 137 Å². The molecule has 0 aromatic heterocycles. The van der Waals surface area contributed by atoms with E-state index in [4.69, 9.17) is 0 Å². The zero-order valence-electron chi connectivity index (χ0n) is 14.1. The standard InChI is InChI=1S/C17H26FN3O2/c1-12-10-14(18)4-5-15(12)16-13(6-8-21(16)17(22)23)11-19-7-9-20(2)3/h4-5,10,13,16,19H,6-9,11H2,1-3H3,(H,22,23). The molecule has 2 rings (SSSR count). The monoisotopic (exact) mass is 323 g/mol. The molecule has 2 unspecified atom stereocenters. The van der Waals surface area contributed by atoms with Gasteiger partial charge in [0.1, 0.15) is 5.82 Å². The van der Waals surface area contributed by atoms with Gasteiger partial charge in [-0.2, -0.15) is 0 Å². The first kappa shape index (κ1) is 17.7. The van der Waals surface area contributed by atoms with Gasteiger partial charge in [0.15, 0.2) is 0 Å². The van der Waals surface area contributed by atoms with Crippen LogP contribution in [0.1, 0.15) is 23.6 Å². The molecule has 0 aliphatic carbocycles. The number of nitrogens with zero attached hydrogens (tertiary/aromatic N) is 2. The van der Waals surface area contributed by atoms with E-state index in [2.05, 4.69) is 10.2 Å². The summed E-state index contributed by atoms with van der Waals surface area (Å²) in [6, 6.07) is 4.41. The first-order chi connectivity index (χ1) is 10.9. The average molecular weight is 323 g/mol. The van der Waals surface area contributed by atoms with Crippen LogP contribution in [0.25, 0.3) is 0 Å². The summed E-state index contributed by atoms with van der Waals surface area (Å²) in [5, 5.41) is 12.9. The molecule has 1 aromatic rings. The first-order valence-electron chi connectivity index (χ1n) is 8.01. The number of aryl methyl sites for hydroxylation is 1. The highest BCUT2D eigenvalue weighted by Gasteiger charge is 2.38. The van der Waals surface area contributed by atoms with Gasteiger partial charge in [-0.1, -0.05) is 6.07 Å². The van der Waals surface area contributed by atoms with Crippen molar-refractivity contribution >= 4 is 6.09 Å². The second kappa shape index (κ2) is 7.75. The van der Waals surface area contributed by atoms with Crippen molar-refractivity contribution < 1.29 is 14.3 Å². The Morgan fingerprint density at radius 1 is 1.48 bits per heavy atom. The second-order valence-electron chi connectivity index (χ2n) is 6.48. The smallest absolute Gasteiger partial charge is 0.407 e. The number of nitrogens with one attached hydrogen (secondary N) is 1. The van der Waals surface area contributed by atoms with Crippen LogP contribution in [0.3, 0.4) is 0 Å². The summed E-state index contributed by atoms with van der Waals surface area (Å²) in [4.78, 5) is 15.1. The lowest BCUT2D eigenvalue weighted by molar-refractivity contribution is 0.134. The van der Waals surface area contributed by atoms with Crippen LogP contribution >= 0.6 is 0 Å². The van der Waals surface area contributed by atoms with E-state index >= 15 is 0 Å². The van der Waals surface area contributed by atoms with E-state index in [1.165, 1.54) is 17.0 Å². The maximum Gasteiger partial charge on any atom is 0.407 e. The van der Waals surface area contributed by atoms with E-state index in [1.54, 1.807) is 6.07 Å². The lowest BCUT2D eigenvalue weighted by Gasteiger charge is -2.28. The molecule has 1 fully saturated rings. The molecule has 1 aliphatic rings. The lowest BCUT2D eigenvalue weighted by Crippen LogP contribution is -2.35. The summed E-state index contributed by atoms with van der Waals surface area (Å²) in [5.74, 6) is -0.0794. The van der Waals surface area contributed by atoms with E-state index in [0.717, 1.165) is 37.2 Å². The topological polar surface area (TPSA) is 55.8 Å². The van der Waals surface area contributed by atoms with Gasteiger partial charge in [-0.05, 0) is 56.6 Å². The van der Waals surface area contributed by atoms with Gasteiger partial charge in [-0.25, -0.2) is 9.18 Å². The fourth-order valence-electron chi connectivity index (χ4n) is 3.27. The van der Waals surface area contributed by atoms with Crippen molar-refractivity contribution in [1.29, 1.82) is 0 Å². The van der Waals surface area contributed by atoms with Crippen molar-refractivity contribution in [1.82, 2.24) is 15.1 Å². The number of benzene rings is 1. The van der Waals surface area contributed by atoms with E-state index in [0.29, 0.717) is 6.54 Å². The van der Waals surface area contributed by atoms with Gasteiger partial charge in [0, 0.05) is 26.2 Å². The molecule has 6 heteroatoms. The molecule has 1 amide bonds. The van der Waals surface area contributed by atoms with Crippen molar-refractivity contribution in [3.05, 3.63) is 35.1 Å².